The number of anilines is 2. The maximum atomic E-state index is 12.8. The number of thiophene rings is 1. The fourth-order valence-corrected chi connectivity index (χ4v) is 4.25. The molecule has 3 heterocycles. The highest BCUT2D eigenvalue weighted by Crippen LogP contribution is 2.28. The fourth-order valence-electron chi connectivity index (χ4n) is 3.33. The Morgan fingerprint density at radius 3 is 2.55 bits per heavy atom. The van der Waals surface area contributed by atoms with Crippen molar-refractivity contribution in [3.8, 4) is 0 Å². The van der Waals surface area contributed by atoms with Crippen molar-refractivity contribution >= 4 is 40.6 Å². The number of esters is 1. The van der Waals surface area contributed by atoms with Crippen LogP contribution in [0.4, 0.5) is 11.5 Å². The van der Waals surface area contributed by atoms with Gasteiger partial charge in [0.1, 0.15) is 11.1 Å². The van der Waals surface area contributed by atoms with Gasteiger partial charge in [-0.15, -0.1) is 11.3 Å². The molecule has 0 spiro atoms. The van der Waals surface area contributed by atoms with Crippen LogP contribution in [0, 0.1) is 6.92 Å². The van der Waals surface area contributed by atoms with Crippen LogP contribution < -0.4 is 16.0 Å². The maximum Gasteiger partial charge on any atom is 0.350 e. The molecule has 2 aromatic heterocycles. The molecule has 0 atom stereocenters. The van der Waals surface area contributed by atoms with Gasteiger partial charge in [-0.1, -0.05) is 5.16 Å². The first-order valence-electron chi connectivity index (χ1n) is 9.15. The van der Waals surface area contributed by atoms with Gasteiger partial charge in [-0.25, -0.2) is 4.79 Å². The molecule has 0 unspecified atom stereocenters. The topological polar surface area (TPSA) is 123 Å². The Morgan fingerprint density at radius 2 is 1.93 bits per heavy atom. The second kappa shape index (κ2) is 9.16. The number of carbonyl (C=O) groups is 3. The van der Waals surface area contributed by atoms with E-state index < -0.39 is 5.97 Å². The molecule has 2 amide bonds. The van der Waals surface area contributed by atoms with Gasteiger partial charge in [-0.3, -0.25) is 9.59 Å². The first-order chi connectivity index (χ1) is 13.9. The Kier molecular flexibility index (Phi) is 6.62. The minimum Gasteiger partial charge on any atom is -0.465 e. The summed E-state index contributed by atoms with van der Waals surface area (Å²) in [6, 6.07) is 1.56. The number of aryl methyl sites for hydroxylation is 1. The van der Waals surface area contributed by atoms with Gasteiger partial charge in [0.2, 0.25) is 0 Å². The van der Waals surface area contributed by atoms with Gasteiger partial charge in [0.25, 0.3) is 11.8 Å². The molecule has 1 saturated heterocycles. The molecule has 156 valence electrons. The number of quaternary nitrogens is 1. The second-order valence-electron chi connectivity index (χ2n) is 6.95. The lowest BCUT2D eigenvalue weighted by atomic mass is 10.2. The van der Waals surface area contributed by atoms with Crippen molar-refractivity contribution in [1.29, 1.82) is 0 Å². The third-order valence-corrected chi connectivity index (χ3v) is 5.88. The largest absolute Gasteiger partial charge is 0.465 e. The third kappa shape index (κ3) is 5.19. The van der Waals surface area contributed by atoms with Gasteiger partial charge in [0, 0.05) is 19.2 Å². The Balaban J connectivity index is 1.70. The van der Waals surface area contributed by atoms with E-state index in [-0.39, 0.29) is 24.9 Å². The van der Waals surface area contributed by atoms with E-state index in [1.165, 1.54) is 24.7 Å². The standard InChI is InChI=1S/C18H23N5O5S/c1-12-11-29-17(18(26)27-2)16(12)21-15(25)10-23(6-4-19-5-7-23)9-14(24)20-13-3-8-28-22-13/h3,8,11,19H,4-7,9-10H2,1-2H3,(H-,20,21,22,24,25,26)/p+1. The molecule has 0 radical (unpaired) electrons. The number of nitrogens with one attached hydrogen (secondary N) is 3. The van der Waals surface area contributed by atoms with Crippen LogP contribution in [0.5, 0.6) is 0 Å². The molecule has 1 fully saturated rings. The van der Waals surface area contributed by atoms with Crippen molar-refractivity contribution in [2.24, 2.45) is 0 Å². The monoisotopic (exact) mass is 422 g/mol. The van der Waals surface area contributed by atoms with E-state index >= 15 is 0 Å². The lowest BCUT2D eigenvalue weighted by molar-refractivity contribution is -0.914. The van der Waals surface area contributed by atoms with E-state index in [0.29, 0.717) is 47.0 Å². The molecule has 3 N–H and O–H groups in total. The highest BCUT2D eigenvalue weighted by atomic mass is 32.1. The number of hydrogen-bond acceptors (Lipinski definition) is 8. The molecule has 0 saturated carbocycles. The number of nitrogens with zero attached hydrogens (tertiary/aromatic N) is 2. The van der Waals surface area contributed by atoms with Gasteiger partial charge >= 0.3 is 5.97 Å². The van der Waals surface area contributed by atoms with Crippen molar-refractivity contribution in [1.82, 2.24) is 10.5 Å². The molecule has 3 rings (SSSR count). The molecular formula is C18H24N5O5S+. The van der Waals surface area contributed by atoms with Crippen LogP contribution in [0.15, 0.2) is 22.2 Å². The highest BCUT2D eigenvalue weighted by Gasteiger charge is 2.35. The predicted octanol–water partition coefficient (Wildman–Crippen LogP) is 0.828. The zero-order valence-electron chi connectivity index (χ0n) is 16.3. The van der Waals surface area contributed by atoms with E-state index in [1.807, 2.05) is 6.92 Å². The van der Waals surface area contributed by atoms with Crippen molar-refractivity contribution in [2.45, 2.75) is 6.92 Å². The molecule has 0 aliphatic carbocycles. The lowest BCUT2D eigenvalue weighted by Crippen LogP contribution is -2.63. The summed E-state index contributed by atoms with van der Waals surface area (Å²) in [6.45, 7) is 4.74. The number of aromatic nitrogens is 1. The summed E-state index contributed by atoms with van der Waals surface area (Å²) in [5.74, 6) is -0.649. The fraction of sp³-hybridized carbons (Fsp3) is 0.444. The quantitative estimate of drug-likeness (QED) is 0.446. The molecule has 2 aromatic rings. The molecule has 1 aliphatic heterocycles. The van der Waals surface area contributed by atoms with Crippen molar-refractivity contribution < 1.29 is 28.1 Å². The average Bonchev–Trinajstić information content (AvgIpc) is 3.32. The lowest BCUT2D eigenvalue weighted by Gasteiger charge is -2.40. The number of methoxy groups -OCH3 is 1. The number of amides is 2. The van der Waals surface area contributed by atoms with E-state index in [9.17, 15) is 14.4 Å². The van der Waals surface area contributed by atoms with Crippen molar-refractivity contribution in [2.75, 3.05) is 57.0 Å². The molecular weight excluding hydrogens is 398 g/mol. The summed E-state index contributed by atoms with van der Waals surface area (Å²) in [5.41, 5.74) is 1.26. The van der Waals surface area contributed by atoms with Crippen LogP contribution in [0.1, 0.15) is 15.2 Å². The third-order valence-electron chi connectivity index (χ3n) is 4.80. The summed E-state index contributed by atoms with van der Waals surface area (Å²) in [7, 11) is 1.30. The van der Waals surface area contributed by atoms with Gasteiger partial charge in [0.05, 0.1) is 25.9 Å². The number of rotatable bonds is 7. The smallest absolute Gasteiger partial charge is 0.350 e. The summed E-state index contributed by atoms with van der Waals surface area (Å²) < 4.78 is 9.81. The Labute approximate surface area is 171 Å². The van der Waals surface area contributed by atoms with Crippen molar-refractivity contribution in [3.05, 3.63) is 28.2 Å². The van der Waals surface area contributed by atoms with E-state index in [0.717, 1.165) is 5.56 Å². The first kappa shape index (κ1) is 21.0. The average molecular weight is 422 g/mol. The molecule has 1 aliphatic rings. The Morgan fingerprint density at radius 1 is 1.24 bits per heavy atom. The summed E-state index contributed by atoms with van der Waals surface area (Å²) in [5, 5.41) is 14.2. The van der Waals surface area contributed by atoms with Gasteiger partial charge < -0.3 is 29.7 Å². The van der Waals surface area contributed by atoms with Gasteiger partial charge in [-0.2, -0.15) is 0 Å². The zero-order valence-corrected chi connectivity index (χ0v) is 17.1. The van der Waals surface area contributed by atoms with E-state index in [2.05, 4.69) is 21.1 Å². The van der Waals surface area contributed by atoms with E-state index in [4.69, 9.17) is 9.26 Å². The predicted molar refractivity (Wildman–Crippen MR) is 107 cm³/mol. The number of ether oxygens (including phenoxy) is 1. The molecule has 0 bridgehead atoms. The van der Waals surface area contributed by atoms with E-state index in [1.54, 1.807) is 11.4 Å². The second-order valence-corrected chi connectivity index (χ2v) is 7.83. The summed E-state index contributed by atoms with van der Waals surface area (Å²) >= 11 is 1.22. The van der Waals surface area contributed by atoms with Gasteiger partial charge in [0.15, 0.2) is 18.9 Å². The molecule has 29 heavy (non-hydrogen) atoms. The van der Waals surface area contributed by atoms with Crippen LogP contribution in [-0.4, -0.2) is 73.8 Å². The first-order valence-corrected chi connectivity index (χ1v) is 10.0. The van der Waals surface area contributed by atoms with Gasteiger partial charge in [-0.05, 0) is 17.9 Å². The molecule has 11 heteroatoms. The van der Waals surface area contributed by atoms with Crippen LogP contribution >= 0.6 is 11.3 Å². The van der Waals surface area contributed by atoms with Crippen LogP contribution in [-0.2, 0) is 14.3 Å². The minimum absolute atomic E-state index is 0.115. The molecule has 0 aromatic carbocycles. The number of hydrogen-bond donors (Lipinski definition) is 3. The minimum atomic E-state index is -0.489. The maximum absolute atomic E-state index is 12.8. The summed E-state index contributed by atoms with van der Waals surface area (Å²) in [4.78, 5) is 37.6. The van der Waals surface area contributed by atoms with Crippen molar-refractivity contribution in [3.63, 3.8) is 0 Å². The normalized spacial score (nSPS) is 15.5. The van der Waals surface area contributed by atoms with Crippen LogP contribution in [0.25, 0.3) is 0 Å². The van der Waals surface area contributed by atoms with Crippen LogP contribution in [0.3, 0.4) is 0 Å². The highest BCUT2D eigenvalue weighted by molar-refractivity contribution is 7.12. The number of carbonyl (C=O) groups excluding carboxylic acids is 3. The molecule has 10 nitrogen and oxygen atoms in total. The zero-order chi connectivity index (χ0) is 20.9. The Bertz CT molecular complexity index is 873. The Hall–Kier alpha value is -2.76. The summed E-state index contributed by atoms with van der Waals surface area (Å²) in [6.07, 6.45) is 1.38. The number of piperazine rings is 1. The SMILES string of the molecule is COC(=O)c1scc(C)c1NC(=O)C[N+]1(CC(=O)Nc2ccon2)CCNCC1. The van der Waals surface area contributed by atoms with Crippen LogP contribution in [0.2, 0.25) is 0 Å².